The second-order valence-electron chi connectivity index (χ2n) is 7.56. The molecular weight excluding hydrogens is 389 g/mol. The molecule has 0 aromatic carbocycles. The zero-order valence-electron chi connectivity index (χ0n) is 15.8. The zero-order chi connectivity index (χ0) is 20.5. The molecule has 0 radical (unpaired) electrons. The third kappa shape index (κ3) is 4.51. The van der Waals surface area contributed by atoms with Gasteiger partial charge in [-0.15, -0.1) is 0 Å². The number of aliphatic hydroxyl groups is 1. The summed E-state index contributed by atoms with van der Waals surface area (Å²) < 4.78 is 44.5. The molecule has 2 fully saturated rings. The Morgan fingerprint density at radius 3 is 2.82 bits per heavy atom. The fourth-order valence-electron chi connectivity index (χ4n) is 3.55. The molecule has 1 saturated heterocycles. The van der Waals surface area contributed by atoms with E-state index in [4.69, 9.17) is 4.74 Å². The van der Waals surface area contributed by atoms with E-state index in [1.54, 1.807) is 6.92 Å². The van der Waals surface area contributed by atoms with Gasteiger partial charge in [-0.2, -0.15) is 14.6 Å². The molecule has 0 bridgehead atoms. The van der Waals surface area contributed by atoms with Crippen molar-refractivity contribution in [3.8, 4) is 11.9 Å². The molecule has 3 rings (SSSR count). The van der Waals surface area contributed by atoms with Gasteiger partial charge in [-0.05, 0) is 32.6 Å². The predicted molar refractivity (Wildman–Crippen MR) is 99.0 cm³/mol. The molecule has 1 saturated carbocycles. The summed E-state index contributed by atoms with van der Waals surface area (Å²) in [5, 5.41) is 22.5. The summed E-state index contributed by atoms with van der Waals surface area (Å²) in [7, 11) is -3.44. The lowest BCUT2D eigenvalue weighted by Crippen LogP contribution is -2.49. The van der Waals surface area contributed by atoms with Crippen LogP contribution in [0.5, 0.6) is 5.88 Å². The van der Waals surface area contributed by atoms with Crippen molar-refractivity contribution < 1.29 is 22.7 Å². The third-order valence-corrected chi connectivity index (χ3v) is 6.53. The number of aromatic nitrogens is 2. The van der Waals surface area contributed by atoms with Crippen LogP contribution in [0.3, 0.4) is 0 Å². The van der Waals surface area contributed by atoms with Crippen LogP contribution in [0.1, 0.15) is 38.2 Å². The van der Waals surface area contributed by atoms with Crippen molar-refractivity contribution in [3.63, 3.8) is 0 Å². The van der Waals surface area contributed by atoms with E-state index < -0.39 is 33.9 Å². The number of hydrogen-bond donors (Lipinski definition) is 2. The van der Waals surface area contributed by atoms with Crippen LogP contribution in [0.4, 0.5) is 10.3 Å². The Morgan fingerprint density at radius 2 is 2.25 bits per heavy atom. The number of ether oxygens (including phenoxy) is 1. The minimum absolute atomic E-state index is 0.0381. The van der Waals surface area contributed by atoms with Crippen LogP contribution in [-0.2, 0) is 10.0 Å². The second kappa shape index (κ2) is 7.77. The fourth-order valence-corrected chi connectivity index (χ4v) is 4.40. The highest BCUT2D eigenvalue weighted by atomic mass is 32.2. The number of halogens is 1. The predicted octanol–water partition coefficient (Wildman–Crippen LogP) is 0.814. The van der Waals surface area contributed by atoms with Crippen LogP contribution in [0.25, 0.3) is 0 Å². The van der Waals surface area contributed by atoms with Crippen molar-refractivity contribution >= 4 is 16.0 Å². The van der Waals surface area contributed by atoms with Gasteiger partial charge in [0.1, 0.15) is 23.9 Å². The molecule has 9 nitrogen and oxygen atoms in total. The third-order valence-electron chi connectivity index (χ3n) is 5.26. The van der Waals surface area contributed by atoms with E-state index in [2.05, 4.69) is 15.3 Å². The van der Waals surface area contributed by atoms with Crippen LogP contribution in [0.2, 0.25) is 0 Å². The molecule has 1 aromatic heterocycles. The normalized spacial score (nSPS) is 31.3. The Hall–Kier alpha value is -2.03. The highest BCUT2D eigenvalue weighted by Crippen LogP contribution is 2.33. The molecule has 0 spiro atoms. The first-order valence-corrected chi connectivity index (χ1v) is 11.0. The van der Waals surface area contributed by atoms with Gasteiger partial charge in [-0.3, -0.25) is 0 Å². The molecule has 2 heterocycles. The average molecular weight is 413 g/mol. The Kier molecular flexibility index (Phi) is 5.74. The lowest BCUT2D eigenvalue weighted by Gasteiger charge is -2.33. The maximum absolute atomic E-state index is 14.4. The number of rotatable bonds is 5. The van der Waals surface area contributed by atoms with Gasteiger partial charge in [0.05, 0.1) is 24.1 Å². The Bertz CT molecular complexity index is 873. The highest BCUT2D eigenvalue weighted by Gasteiger charge is 2.39. The molecule has 1 aromatic rings. The van der Waals surface area contributed by atoms with Crippen molar-refractivity contribution in [1.82, 2.24) is 14.3 Å². The first-order chi connectivity index (χ1) is 13.1. The molecule has 154 valence electrons. The van der Waals surface area contributed by atoms with Crippen molar-refractivity contribution in [3.05, 3.63) is 11.8 Å². The van der Waals surface area contributed by atoms with Crippen LogP contribution in [-0.4, -0.2) is 71.1 Å². The fraction of sp³-hybridized carbons (Fsp3) is 0.706. The molecule has 0 amide bonds. The summed E-state index contributed by atoms with van der Waals surface area (Å²) in [6.07, 6.45) is 2.71. The van der Waals surface area contributed by atoms with Crippen LogP contribution >= 0.6 is 0 Å². The maximum atomic E-state index is 14.4. The minimum atomic E-state index is -3.44. The maximum Gasteiger partial charge on any atom is 0.236 e. The molecule has 11 heteroatoms. The summed E-state index contributed by atoms with van der Waals surface area (Å²) in [6, 6.07) is 1.29. The first kappa shape index (κ1) is 20.7. The van der Waals surface area contributed by atoms with Crippen molar-refractivity contribution in [1.29, 1.82) is 5.26 Å². The van der Waals surface area contributed by atoms with Crippen LogP contribution in [0.15, 0.2) is 6.20 Å². The number of hydrogen-bond acceptors (Lipinski definition) is 8. The van der Waals surface area contributed by atoms with E-state index in [0.29, 0.717) is 12.8 Å². The zero-order valence-corrected chi connectivity index (χ0v) is 16.6. The number of alkyl halides is 1. The van der Waals surface area contributed by atoms with Crippen molar-refractivity contribution in [2.24, 2.45) is 0 Å². The van der Waals surface area contributed by atoms with E-state index in [0.717, 1.165) is 17.0 Å². The van der Waals surface area contributed by atoms with E-state index in [-0.39, 0.29) is 36.9 Å². The van der Waals surface area contributed by atoms with E-state index in [9.17, 15) is 23.2 Å². The minimum Gasteiger partial charge on any atom is -0.470 e. The average Bonchev–Trinajstić information content (AvgIpc) is 2.94. The van der Waals surface area contributed by atoms with Gasteiger partial charge in [-0.25, -0.2) is 17.8 Å². The van der Waals surface area contributed by atoms with Gasteiger partial charge >= 0.3 is 0 Å². The lowest BCUT2D eigenvalue weighted by atomic mass is 10.0. The molecular formula is C17H24FN5O4S. The monoisotopic (exact) mass is 413 g/mol. The number of anilines is 1. The van der Waals surface area contributed by atoms with Gasteiger partial charge in [0.25, 0.3) is 0 Å². The summed E-state index contributed by atoms with van der Waals surface area (Å²) in [6.45, 7) is 1.64. The quantitative estimate of drug-likeness (QED) is 0.726. The number of piperidine rings is 1. The van der Waals surface area contributed by atoms with Crippen molar-refractivity contribution in [2.75, 3.05) is 24.7 Å². The number of nitrogens with one attached hydrogen (secondary N) is 1. The second-order valence-corrected chi connectivity index (χ2v) is 9.54. The lowest BCUT2D eigenvalue weighted by molar-refractivity contribution is -0.0271. The highest BCUT2D eigenvalue weighted by molar-refractivity contribution is 7.88. The topological polar surface area (TPSA) is 128 Å². The molecule has 0 unspecified atom stereocenters. The van der Waals surface area contributed by atoms with Gasteiger partial charge in [0, 0.05) is 13.1 Å². The smallest absolute Gasteiger partial charge is 0.236 e. The number of sulfonamides is 1. The number of nitriles is 1. The standard InChI is InChI=1S/C17H24FN5O4S/c1-17(24)6-3-4-14(17)27-15-11(8-19)9-20-16(22-15)21-13-5-7-23(10-12(13)18)28(2,25)26/h9,12-14,24H,3-7,10H2,1-2H3,(H,20,21,22)/t12-,13+,14+,17-/m0/s1. The SMILES string of the molecule is C[C@]1(O)CCC[C@H]1Oc1nc(N[C@@H]2CCN(S(C)(=O)=O)C[C@@H]2F)ncc1C#N. The Balaban J connectivity index is 1.72. The van der Waals surface area contributed by atoms with Gasteiger partial charge < -0.3 is 15.2 Å². The Morgan fingerprint density at radius 1 is 1.50 bits per heavy atom. The molecule has 4 atom stereocenters. The van der Waals surface area contributed by atoms with Gasteiger partial charge in [0.15, 0.2) is 0 Å². The molecule has 2 N–H and O–H groups in total. The summed E-state index contributed by atoms with van der Waals surface area (Å²) in [5.41, 5.74) is -0.884. The molecule has 28 heavy (non-hydrogen) atoms. The van der Waals surface area contributed by atoms with Gasteiger partial charge in [-0.1, -0.05) is 0 Å². The summed E-state index contributed by atoms with van der Waals surface area (Å²) >= 11 is 0. The number of nitrogens with zero attached hydrogens (tertiary/aromatic N) is 4. The van der Waals surface area contributed by atoms with E-state index >= 15 is 0 Å². The van der Waals surface area contributed by atoms with Crippen LogP contribution in [0, 0.1) is 11.3 Å². The molecule has 1 aliphatic heterocycles. The Labute approximate surface area is 163 Å². The summed E-state index contributed by atoms with van der Waals surface area (Å²) in [5.74, 6) is 0.128. The summed E-state index contributed by atoms with van der Waals surface area (Å²) in [4.78, 5) is 8.22. The first-order valence-electron chi connectivity index (χ1n) is 9.12. The van der Waals surface area contributed by atoms with Crippen LogP contribution < -0.4 is 10.1 Å². The van der Waals surface area contributed by atoms with E-state index in [1.165, 1.54) is 6.20 Å². The van der Waals surface area contributed by atoms with E-state index in [1.807, 2.05) is 6.07 Å². The largest absolute Gasteiger partial charge is 0.470 e. The molecule has 1 aliphatic carbocycles. The molecule has 2 aliphatic rings. The van der Waals surface area contributed by atoms with Gasteiger partial charge in [0.2, 0.25) is 21.9 Å². The van der Waals surface area contributed by atoms with Crippen molar-refractivity contribution in [2.45, 2.75) is 56.5 Å².